The molecule has 0 radical (unpaired) electrons. The summed E-state index contributed by atoms with van der Waals surface area (Å²) in [5.41, 5.74) is 0. The number of halogens is 1. The maximum absolute atomic E-state index is 10.5. The van der Waals surface area contributed by atoms with Crippen molar-refractivity contribution in [3.63, 3.8) is 0 Å². The van der Waals surface area contributed by atoms with E-state index in [1.165, 1.54) is 0 Å². The zero-order chi connectivity index (χ0) is 9.84. The second-order valence-electron chi connectivity index (χ2n) is 2.29. The molecular weight excluding hydrogens is 212 g/mol. The quantitative estimate of drug-likeness (QED) is 0.783. The van der Waals surface area contributed by atoms with Gasteiger partial charge in [-0.3, -0.25) is 4.79 Å². The number of carboxylic acids is 1. The van der Waals surface area contributed by atoms with Gasteiger partial charge in [0.05, 0.1) is 0 Å². The van der Waals surface area contributed by atoms with Crippen molar-refractivity contribution in [2.75, 3.05) is 0 Å². The van der Waals surface area contributed by atoms with Crippen LogP contribution in [0.1, 0.15) is 6.92 Å². The lowest BCUT2D eigenvalue weighted by Crippen LogP contribution is -2.11. The van der Waals surface area contributed by atoms with E-state index < -0.39 is 11.2 Å². The number of hydrogen-bond acceptors (Lipinski definition) is 4. The first kappa shape index (κ1) is 10.3. The van der Waals surface area contributed by atoms with E-state index >= 15 is 0 Å². The van der Waals surface area contributed by atoms with Crippen LogP contribution in [0.25, 0.3) is 0 Å². The molecule has 1 N–H and O–H groups in total. The SMILES string of the molecule is CC(Sc1ccc(Cl)nn1)C(=O)O. The van der Waals surface area contributed by atoms with E-state index in [2.05, 4.69) is 10.2 Å². The summed E-state index contributed by atoms with van der Waals surface area (Å²) in [4.78, 5) is 10.5. The van der Waals surface area contributed by atoms with Crippen molar-refractivity contribution in [2.24, 2.45) is 0 Å². The molecule has 0 aliphatic carbocycles. The molecule has 1 unspecified atom stereocenters. The molecule has 0 amide bonds. The van der Waals surface area contributed by atoms with Gasteiger partial charge in [-0.25, -0.2) is 0 Å². The van der Waals surface area contributed by atoms with E-state index in [-0.39, 0.29) is 0 Å². The van der Waals surface area contributed by atoms with E-state index in [1.807, 2.05) is 0 Å². The molecule has 4 nitrogen and oxygen atoms in total. The van der Waals surface area contributed by atoms with Crippen molar-refractivity contribution < 1.29 is 9.90 Å². The first-order valence-corrected chi connectivity index (χ1v) is 4.74. The van der Waals surface area contributed by atoms with E-state index in [1.54, 1.807) is 19.1 Å². The van der Waals surface area contributed by atoms with Gasteiger partial charge in [0.15, 0.2) is 5.15 Å². The third-order valence-corrected chi connectivity index (χ3v) is 2.47. The largest absolute Gasteiger partial charge is 0.480 e. The molecule has 1 heterocycles. The molecule has 0 aliphatic rings. The maximum atomic E-state index is 10.5. The molecule has 0 spiro atoms. The summed E-state index contributed by atoms with van der Waals surface area (Å²) in [7, 11) is 0. The van der Waals surface area contributed by atoms with Gasteiger partial charge >= 0.3 is 5.97 Å². The first-order valence-electron chi connectivity index (χ1n) is 3.48. The molecule has 1 rings (SSSR count). The second-order valence-corrected chi connectivity index (χ2v) is 4.04. The highest BCUT2D eigenvalue weighted by atomic mass is 35.5. The Bertz CT molecular complexity index is 304. The predicted octanol–water partition coefficient (Wildman–Crippen LogP) is 1.70. The highest BCUT2D eigenvalue weighted by Gasteiger charge is 2.13. The molecule has 0 aromatic carbocycles. The van der Waals surface area contributed by atoms with Crippen molar-refractivity contribution >= 4 is 29.3 Å². The number of aliphatic carboxylic acids is 1. The fraction of sp³-hybridized carbons (Fsp3) is 0.286. The van der Waals surface area contributed by atoms with Gasteiger partial charge in [0.25, 0.3) is 0 Å². The van der Waals surface area contributed by atoms with Gasteiger partial charge in [-0.2, -0.15) is 0 Å². The molecule has 0 saturated heterocycles. The van der Waals surface area contributed by atoms with Crippen LogP contribution >= 0.6 is 23.4 Å². The van der Waals surface area contributed by atoms with Crippen molar-refractivity contribution in [3.8, 4) is 0 Å². The molecule has 0 bridgehead atoms. The summed E-state index contributed by atoms with van der Waals surface area (Å²) < 4.78 is 0. The highest BCUT2D eigenvalue weighted by Crippen LogP contribution is 2.20. The summed E-state index contributed by atoms with van der Waals surface area (Å²) in [5, 5.41) is 16.2. The standard InChI is InChI=1S/C7H7ClN2O2S/c1-4(7(11)12)13-6-3-2-5(8)9-10-6/h2-4H,1H3,(H,11,12). The van der Waals surface area contributed by atoms with E-state index in [9.17, 15) is 4.79 Å². The summed E-state index contributed by atoms with van der Waals surface area (Å²) in [6.07, 6.45) is 0. The number of hydrogen-bond donors (Lipinski definition) is 1. The molecule has 1 atom stereocenters. The molecular formula is C7H7ClN2O2S. The van der Waals surface area contributed by atoms with Gasteiger partial charge in [0, 0.05) is 0 Å². The number of thioether (sulfide) groups is 1. The Kier molecular flexibility index (Phi) is 3.50. The summed E-state index contributed by atoms with van der Waals surface area (Å²) >= 11 is 6.64. The van der Waals surface area contributed by atoms with Gasteiger partial charge < -0.3 is 5.11 Å². The molecule has 0 fully saturated rings. The highest BCUT2D eigenvalue weighted by molar-refractivity contribution is 8.00. The number of rotatable bonds is 3. The fourth-order valence-corrected chi connectivity index (χ4v) is 1.40. The third kappa shape index (κ3) is 3.20. The van der Waals surface area contributed by atoms with Crippen molar-refractivity contribution in [2.45, 2.75) is 17.2 Å². The Morgan fingerprint density at radius 1 is 1.62 bits per heavy atom. The summed E-state index contributed by atoms with van der Waals surface area (Å²) in [6, 6.07) is 3.21. The topological polar surface area (TPSA) is 63.1 Å². The average Bonchev–Trinajstić information content (AvgIpc) is 2.08. The minimum Gasteiger partial charge on any atom is -0.480 e. The summed E-state index contributed by atoms with van der Waals surface area (Å²) in [6.45, 7) is 1.59. The smallest absolute Gasteiger partial charge is 0.316 e. The van der Waals surface area contributed by atoms with Crippen molar-refractivity contribution in [3.05, 3.63) is 17.3 Å². The lowest BCUT2D eigenvalue weighted by Gasteiger charge is -2.03. The van der Waals surface area contributed by atoms with E-state index in [4.69, 9.17) is 16.7 Å². The van der Waals surface area contributed by atoms with Crippen LogP contribution < -0.4 is 0 Å². The summed E-state index contributed by atoms with van der Waals surface area (Å²) in [5.74, 6) is -0.873. The van der Waals surface area contributed by atoms with Crippen LogP contribution in [0.15, 0.2) is 17.2 Å². The van der Waals surface area contributed by atoms with Crippen LogP contribution in [0.4, 0.5) is 0 Å². The molecule has 70 valence electrons. The van der Waals surface area contributed by atoms with Crippen LogP contribution in [0, 0.1) is 0 Å². The Balaban J connectivity index is 2.64. The molecule has 1 aromatic rings. The maximum Gasteiger partial charge on any atom is 0.316 e. The first-order chi connectivity index (χ1) is 6.09. The van der Waals surface area contributed by atoms with Gasteiger partial charge in [0.1, 0.15) is 10.3 Å². The fourth-order valence-electron chi connectivity index (χ4n) is 0.598. The molecule has 0 saturated carbocycles. The minimum absolute atomic E-state index is 0.298. The minimum atomic E-state index is -0.873. The molecule has 6 heteroatoms. The second kappa shape index (κ2) is 4.43. The van der Waals surface area contributed by atoms with Gasteiger partial charge in [-0.1, -0.05) is 23.4 Å². The van der Waals surface area contributed by atoms with Crippen molar-refractivity contribution in [1.29, 1.82) is 0 Å². The third-order valence-electron chi connectivity index (χ3n) is 1.25. The monoisotopic (exact) mass is 218 g/mol. The Morgan fingerprint density at radius 2 is 2.31 bits per heavy atom. The predicted molar refractivity (Wildman–Crippen MR) is 50.0 cm³/mol. The molecule has 1 aromatic heterocycles. The number of carbonyl (C=O) groups is 1. The van der Waals surface area contributed by atoms with Crippen LogP contribution in [0.5, 0.6) is 0 Å². The normalized spacial score (nSPS) is 12.5. The average molecular weight is 219 g/mol. The number of nitrogens with zero attached hydrogens (tertiary/aromatic N) is 2. The molecule has 0 aliphatic heterocycles. The van der Waals surface area contributed by atoms with Crippen LogP contribution in [0.3, 0.4) is 0 Å². The molecule has 13 heavy (non-hydrogen) atoms. The Labute approximate surface area is 84.3 Å². The van der Waals surface area contributed by atoms with Gasteiger partial charge in [0.2, 0.25) is 0 Å². The number of carboxylic acid groups (broad SMARTS) is 1. The van der Waals surface area contributed by atoms with Crippen LogP contribution in [0.2, 0.25) is 5.15 Å². The van der Waals surface area contributed by atoms with Gasteiger partial charge in [-0.15, -0.1) is 10.2 Å². The van der Waals surface area contributed by atoms with Crippen molar-refractivity contribution in [1.82, 2.24) is 10.2 Å². The van der Waals surface area contributed by atoms with Gasteiger partial charge in [-0.05, 0) is 19.1 Å². The van der Waals surface area contributed by atoms with E-state index in [0.29, 0.717) is 10.2 Å². The Morgan fingerprint density at radius 3 is 2.77 bits per heavy atom. The lowest BCUT2D eigenvalue weighted by molar-refractivity contribution is -0.136. The number of aromatic nitrogens is 2. The zero-order valence-electron chi connectivity index (χ0n) is 6.77. The van der Waals surface area contributed by atoms with Crippen LogP contribution in [-0.4, -0.2) is 26.5 Å². The Hall–Kier alpha value is -0.810. The van der Waals surface area contributed by atoms with E-state index in [0.717, 1.165) is 11.8 Å². The lowest BCUT2D eigenvalue weighted by atomic mass is 10.5. The van der Waals surface area contributed by atoms with Crippen LogP contribution in [-0.2, 0) is 4.79 Å². The zero-order valence-corrected chi connectivity index (χ0v) is 8.34.